The molecule has 1 rings (SSSR count). The van der Waals surface area contributed by atoms with Gasteiger partial charge in [-0.25, -0.2) is 0 Å². The van der Waals surface area contributed by atoms with E-state index in [4.69, 9.17) is 0 Å². The third-order valence-electron chi connectivity index (χ3n) is 3.41. The molecule has 0 heterocycles. The SMILES string of the molecule is CC(C)CCN(CC(C)(CO)CO)C1CC1. The van der Waals surface area contributed by atoms with E-state index in [2.05, 4.69) is 18.7 Å². The smallest absolute Gasteiger partial charge is 0.0519 e. The normalized spacial score (nSPS) is 17.4. The van der Waals surface area contributed by atoms with Crippen molar-refractivity contribution in [1.29, 1.82) is 0 Å². The number of hydrogen-bond acceptors (Lipinski definition) is 3. The van der Waals surface area contributed by atoms with Crippen LogP contribution in [0, 0.1) is 11.3 Å². The summed E-state index contributed by atoms with van der Waals surface area (Å²) < 4.78 is 0. The molecule has 0 saturated heterocycles. The molecule has 1 fully saturated rings. The molecule has 0 aliphatic heterocycles. The Morgan fingerprint density at radius 2 is 1.81 bits per heavy atom. The van der Waals surface area contributed by atoms with Crippen molar-refractivity contribution >= 4 is 0 Å². The van der Waals surface area contributed by atoms with Gasteiger partial charge in [0.1, 0.15) is 0 Å². The van der Waals surface area contributed by atoms with Crippen molar-refractivity contribution in [3.8, 4) is 0 Å². The van der Waals surface area contributed by atoms with E-state index >= 15 is 0 Å². The summed E-state index contributed by atoms with van der Waals surface area (Å²) in [7, 11) is 0. The fourth-order valence-corrected chi connectivity index (χ4v) is 1.89. The average Bonchev–Trinajstić information content (AvgIpc) is 3.07. The van der Waals surface area contributed by atoms with E-state index in [9.17, 15) is 10.2 Å². The van der Waals surface area contributed by atoms with E-state index in [1.54, 1.807) is 0 Å². The number of aliphatic hydroxyl groups excluding tert-OH is 2. The number of nitrogens with zero attached hydrogens (tertiary/aromatic N) is 1. The van der Waals surface area contributed by atoms with Crippen LogP contribution in [0.5, 0.6) is 0 Å². The molecule has 0 aromatic rings. The van der Waals surface area contributed by atoms with Crippen LogP contribution in [0.4, 0.5) is 0 Å². The number of hydrogen-bond donors (Lipinski definition) is 2. The highest BCUT2D eigenvalue weighted by atomic mass is 16.3. The molecule has 0 aromatic carbocycles. The maximum Gasteiger partial charge on any atom is 0.0519 e. The molecule has 3 nitrogen and oxygen atoms in total. The van der Waals surface area contributed by atoms with Crippen molar-refractivity contribution in [3.63, 3.8) is 0 Å². The third-order valence-corrected chi connectivity index (χ3v) is 3.41. The van der Waals surface area contributed by atoms with E-state index in [1.165, 1.54) is 19.3 Å². The van der Waals surface area contributed by atoms with Crippen LogP contribution in [0.1, 0.15) is 40.0 Å². The van der Waals surface area contributed by atoms with Crippen LogP contribution in [0.15, 0.2) is 0 Å². The Bertz CT molecular complexity index is 198. The lowest BCUT2D eigenvalue weighted by Gasteiger charge is -2.33. The van der Waals surface area contributed by atoms with Crippen LogP contribution in [-0.4, -0.2) is 47.5 Å². The average molecular weight is 229 g/mol. The van der Waals surface area contributed by atoms with Gasteiger partial charge in [-0.3, -0.25) is 4.90 Å². The highest BCUT2D eigenvalue weighted by Gasteiger charge is 2.34. The first-order chi connectivity index (χ1) is 7.50. The van der Waals surface area contributed by atoms with Gasteiger partial charge in [0, 0.05) is 18.0 Å². The van der Waals surface area contributed by atoms with Crippen LogP contribution in [0.2, 0.25) is 0 Å². The predicted octanol–water partition coefficient (Wildman–Crippen LogP) is 1.49. The number of rotatable bonds is 8. The van der Waals surface area contributed by atoms with Gasteiger partial charge in [-0.05, 0) is 31.7 Å². The predicted molar refractivity (Wildman–Crippen MR) is 66.3 cm³/mol. The van der Waals surface area contributed by atoms with Gasteiger partial charge in [-0.15, -0.1) is 0 Å². The largest absolute Gasteiger partial charge is 0.396 e. The van der Waals surface area contributed by atoms with Crippen LogP contribution in [0.3, 0.4) is 0 Å². The van der Waals surface area contributed by atoms with Crippen molar-refractivity contribution in [2.45, 2.75) is 46.1 Å². The monoisotopic (exact) mass is 229 g/mol. The lowest BCUT2D eigenvalue weighted by molar-refractivity contribution is 0.0314. The zero-order chi connectivity index (χ0) is 12.2. The molecule has 1 aliphatic rings. The molecular weight excluding hydrogens is 202 g/mol. The van der Waals surface area contributed by atoms with Crippen molar-refractivity contribution in [2.75, 3.05) is 26.3 Å². The summed E-state index contributed by atoms with van der Waals surface area (Å²) >= 11 is 0. The van der Waals surface area contributed by atoms with Crippen molar-refractivity contribution in [3.05, 3.63) is 0 Å². The minimum Gasteiger partial charge on any atom is -0.396 e. The van der Waals surface area contributed by atoms with Gasteiger partial charge in [-0.1, -0.05) is 20.8 Å². The molecule has 0 atom stereocenters. The van der Waals surface area contributed by atoms with Gasteiger partial charge in [0.15, 0.2) is 0 Å². The standard InChI is InChI=1S/C13H27NO2/c1-11(2)6-7-14(12-4-5-12)8-13(3,9-15)10-16/h11-12,15-16H,4-10H2,1-3H3. The minimum absolute atomic E-state index is 0.0639. The van der Waals surface area contributed by atoms with Crippen molar-refractivity contribution in [1.82, 2.24) is 4.90 Å². The van der Waals surface area contributed by atoms with Crippen LogP contribution in [0.25, 0.3) is 0 Å². The van der Waals surface area contributed by atoms with E-state index < -0.39 is 0 Å². The molecule has 0 radical (unpaired) electrons. The molecule has 16 heavy (non-hydrogen) atoms. The topological polar surface area (TPSA) is 43.7 Å². The van der Waals surface area contributed by atoms with Gasteiger partial charge in [-0.2, -0.15) is 0 Å². The van der Waals surface area contributed by atoms with E-state index in [1.807, 2.05) is 6.92 Å². The molecule has 0 spiro atoms. The second-order valence-corrected chi connectivity index (χ2v) is 6.01. The molecular formula is C13H27NO2. The Morgan fingerprint density at radius 1 is 1.25 bits per heavy atom. The van der Waals surface area contributed by atoms with Crippen LogP contribution < -0.4 is 0 Å². The summed E-state index contributed by atoms with van der Waals surface area (Å²) in [6, 6.07) is 0.705. The van der Waals surface area contributed by atoms with Crippen LogP contribution in [-0.2, 0) is 0 Å². The highest BCUT2D eigenvalue weighted by molar-refractivity contribution is 4.88. The summed E-state index contributed by atoms with van der Waals surface area (Å²) in [5.74, 6) is 0.718. The Hall–Kier alpha value is -0.120. The zero-order valence-electron chi connectivity index (χ0n) is 10.9. The number of aliphatic hydroxyl groups is 2. The maximum absolute atomic E-state index is 9.33. The molecule has 1 saturated carbocycles. The third kappa shape index (κ3) is 4.40. The molecule has 0 amide bonds. The fourth-order valence-electron chi connectivity index (χ4n) is 1.89. The van der Waals surface area contributed by atoms with Crippen molar-refractivity contribution in [2.24, 2.45) is 11.3 Å². The molecule has 0 bridgehead atoms. The first-order valence-electron chi connectivity index (χ1n) is 6.46. The van der Waals surface area contributed by atoms with E-state index in [-0.39, 0.29) is 18.6 Å². The van der Waals surface area contributed by atoms with Crippen molar-refractivity contribution < 1.29 is 10.2 Å². The lowest BCUT2D eigenvalue weighted by atomic mass is 9.92. The van der Waals surface area contributed by atoms with Gasteiger partial charge >= 0.3 is 0 Å². The summed E-state index contributed by atoms with van der Waals surface area (Å²) in [5, 5.41) is 18.7. The fraction of sp³-hybridized carbons (Fsp3) is 1.00. The Kier molecular flexibility index (Phi) is 5.22. The van der Waals surface area contributed by atoms with Gasteiger partial charge < -0.3 is 10.2 Å². The highest BCUT2D eigenvalue weighted by Crippen LogP contribution is 2.30. The second kappa shape index (κ2) is 5.99. The molecule has 0 aromatic heterocycles. The second-order valence-electron chi connectivity index (χ2n) is 6.01. The first-order valence-corrected chi connectivity index (χ1v) is 6.46. The van der Waals surface area contributed by atoms with E-state index in [0.717, 1.165) is 19.0 Å². The summed E-state index contributed by atoms with van der Waals surface area (Å²) in [4.78, 5) is 2.45. The van der Waals surface area contributed by atoms with Crippen LogP contribution >= 0.6 is 0 Å². The summed E-state index contributed by atoms with van der Waals surface area (Å²) in [6.45, 7) is 8.47. The molecule has 2 N–H and O–H groups in total. The first kappa shape index (κ1) is 13.9. The molecule has 0 unspecified atom stereocenters. The Morgan fingerprint density at radius 3 is 2.19 bits per heavy atom. The van der Waals surface area contributed by atoms with Gasteiger partial charge in [0.05, 0.1) is 13.2 Å². The van der Waals surface area contributed by atoms with Gasteiger partial charge in [0.25, 0.3) is 0 Å². The van der Waals surface area contributed by atoms with Gasteiger partial charge in [0.2, 0.25) is 0 Å². The Labute approximate surface area is 99.5 Å². The summed E-state index contributed by atoms with van der Waals surface area (Å²) in [6.07, 6.45) is 3.76. The minimum atomic E-state index is -0.348. The Balaban J connectivity index is 2.43. The molecule has 3 heteroatoms. The molecule has 1 aliphatic carbocycles. The van der Waals surface area contributed by atoms with E-state index in [0.29, 0.717) is 6.04 Å². The lowest BCUT2D eigenvalue weighted by Crippen LogP contribution is -2.42. The zero-order valence-corrected chi connectivity index (χ0v) is 10.9. The maximum atomic E-state index is 9.33. The summed E-state index contributed by atoms with van der Waals surface area (Å²) in [5.41, 5.74) is -0.348. The molecule has 96 valence electrons. The quantitative estimate of drug-likeness (QED) is 0.663.